The minimum absolute atomic E-state index is 0.515. The van der Waals surface area contributed by atoms with Gasteiger partial charge in [-0.3, -0.25) is 4.98 Å². The fraction of sp³-hybridized carbons (Fsp3) is 0.500. The second-order valence-corrected chi connectivity index (χ2v) is 8.08. The Balaban J connectivity index is 1.97. The van der Waals surface area contributed by atoms with Crippen LogP contribution in [0.4, 0.5) is 5.82 Å². The Hall–Kier alpha value is -2.56. The number of hydrogen-bond donors (Lipinski definition) is 1. The second kappa shape index (κ2) is 9.77. The van der Waals surface area contributed by atoms with Gasteiger partial charge in [0.1, 0.15) is 17.9 Å². The average molecular weight is 395 g/mol. The van der Waals surface area contributed by atoms with Crippen LogP contribution in [-0.2, 0) is 6.42 Å². The summed E-state index contributed by atoms with van der Waals surface area (Å²) < 4.78 is 8.20. The summed E-state index contributed by atoms with van der Waals surface area (Å²) in [6.07, 6.45) is 8.76. The highest BCUT2D eigenvalue weighted by molar-refractivity contribution is 5.81. The molecule has 0 aliphatic carbocycles. The Morgan fingerprint density at radius 1 is 1.10 bits per heavy atom. The van der Waals surface area contributed by atoms with Crippen LogP contribution >= 0.6 is 0 Å². The normalized spacial score (nSPS) is 12.4. The number of aromatic nitrogens is 3. The van der Waals surface area contributed by atoms with E-state index in [2.05, 4.69) is 55.3 Å². The number of nitrogens with two attached hydrogens (primary N) is 1. The topological polar surface area (TPSA) is 65.4 Å². The first kappa shape index (κ1) is 21.2. The van der Waals surface area contributed by atoms with Crippen LogP contribution in [0.5, 0.6) is 5.75 Å². The number of nitrogen functional groups attached to an aromatic ring is 1. The van der Waals surface area contributed by atoms with Crippen molar-refractivity contribution < 1.29 is 4.74 Å². The highest BCUT2D eigenvalue weighted by atomic mass is 16.5. The van der Waals surface area contributed by atoms with Crippen LogP contribution < -0.4 is 10.5 Å². The lowest BCUT2D eigenvalue weighted by atomic mass is 10.1. The summed E-state index contributed by atoms with van der Waals surface area (Å²) in [6, 6.07) is 8.23. The summed E-state index contributed by atoms with van der Waals surface area (Å²) in [5, 5.41) is 0. The summed E-state index contributed by atoms with van der Waals surface area (Å²) in [4.78, 5) is 9.21. The van der Waals surface area contributed by atoms with Gasteiger partial charge in [-0.1, -0.05) is 46.5 Å². The van der Waals surface area contributed by atoms with Gasteiger partial charge in [-0.05, 0) is 31.7 Å². The van der Waals surface area contributed by atoms with Gasteiger partial charge in [-0.25, -0.2) is 4.98 Å². The van der Waals surface area contributed by atoms with E-state index < -0.39 is 0 Å². The van der Waals surface area contributed by atoms with Crippen molar-refractivity contribution in [2.75, 3.05) is 12.3 Å². The van der Waals surface area contributed by atoms with Crippen molar-refractivity contribution in [3.8, 4) is 17.0 Å². The lowest BCUT2D eigenvalue weighted by Gasteiger charge is -2.13. The van der Waals surface area contributed by atoms with E-state index in [4.69, 9.17) is 15.5 Å². The predicted molar refractivity (Wildman–Crippen MR) is 120 cm³/mol. The molecule has 3 rings (SSSR count). The highest BCUT2D eigenvalue weighted by Crippen LogP contribution is 2.30. The van der Waals surface area contributed by atoms with Gasteiger partial charge in [0.05, 0.1) is 17.8 Å². The molecule has 0 radical (unpaired) electrons. The van der Waals surface area contributed by atoms with E-state index in [9.17, 15) is 0 Å². The fourth-order valence-electron chi connectivity index (χ4n) is 3.48. The van der Waals surface area contributed by atoms with Crippen LogP contribution in [0.25, 0.3) is 16.8 Å². The molecular formula is C24H34N4O. The summed E-state index contributed by atoms with van der Waals surface area (Å²) in [6.45, 7) is 9.44. The molecule has 2 N–H and O–H groups in total. The van der Waals surface area contributed by atoms with Crippen molar-refractivity contribution in [2.45, 2.75) is 66.2 Å². The molecule has 0 aromatic carbocycles. The van der Waals surface area contributed by atoms with Gasteiger partial charge in [0.15, 0.2) is 0 Å². The molecule has 1 atom stereocenters. The number of fused-ring (bicyclic) bond motifs is 1. The molecule has 3 aromatic heterocycles. The van der Waals surface area contributed by atoms with E-state index in [1.807, 2.05) is 6.07 Å². The zero-order valence-corrected chi connectivity index (χ0v) is 18.2. The van der Waals surface area contributed by atoms with Crippen LogP contribution in [0.1, 0.15) is 64.3 Å². The monoisotopic (exact) mass is 394 g/mol. The van der Waals surface area contributed by atoms with E-state index in [-0.39, 0.29) is 0 Å². The molecule has 29 heavy (non-hydrogen) atoms. The Morgan fingerprint density at radius 2 is 1.93 bits per heavy atom. The number of ether oxygens (including phenoxy) is 1. The van der Waals surface area contributed by atoms with Crippen molar-refractivity contribution in [2.24, 2.45) is 5.92 Å². The maximum atomic E-state index is 6.15. The van der Waals surface area contributed by atoms with Crippen molar-refractivity contribution in [3.05, 3.63) is 42.0 Å². The number of nitrogens with zero attached hydrogens (tertiary/aromatic N) is 3. The maximum absolute atomic E-state index is 6.15. The molecule has 0 bridgehead atoms. The SMILES string of the molecule is CCCCCCc1cc(OCC(C)CC)cc(-c2cc(C)n3cnc(N)cc23)n1. The number of rotatable bonds is 10. The van der Waals surface area contributed by atoms with E-state index in [1.165, 1.54) is 19.3 Å². The Kier molecular flexibility index (Phi) is 7.13. The molecule has 0 fully saturated rings. The van der Waals surface area contributed by atoms with Crippen molar-refractivity contribution in [1.82, 2.24) is 14.4 Å². The molecule has 5 nitrogen and oxygen atoms in total. The summed E-state index contributed by atoms with van der Waals surface area (Å²) >= 11 is 0. The van der Waals surface area contributed by atoms with Gasteiger partial charge in [-0.2, -0.15) is 0 Å². The summed E-state index contributed by atoms with van der Waals surface area (Å²) in [5.41, 5.74) is 11.2. The fourth-order valence-corrected chi connectivity index (χ4v) is 3.48. The molecule has 0 saturated heterocycles. The third-order valence-corrected chi connectivity index (χ3v) is 5.52. The van der Waals surface area contributed by atoms with Crippen molar-refractivity contribution >= 4 is 11.3 Å². The van der Waals surface area contributed by atoms with Crippen LogP contribution in [0.15, 0.2) is 30.6 Å². The molecule has 0 spiro atoms. The van der Waals surface area contributed by atoms with Crippen LogP contribution in [0.3, 0.4) is 0 Å². The highest BCUT2D eigenvalue weighted by Gasteiger charge is 2.14. The van der Waals surface area contributed by atoms with Crippen LogP contribution in [-0.4, -0.2) is 21.0 Å². The standard InChI is InChI=1S/C24H34N4O/c1-5-7-8-9-10-19-12-20(29-15-17(3)6-2)13-22(27-19)21-11-18(4)28-16-26-24(25)14-23(21)28/h11-14,16-17H,5-10,15,25H2,1-4H3. The first-order valence-corrected chi connectivity index (χ1v) is 10.9. The average Bonchev–Trinajstić information content (AvgIpc) is 3.05. The van der Waals surface area contributed by atoms with E-state index in [0.717, 1.165) is 59.8 Å². The molecule has 0 amide bonds. The number of unbranched alkanes of at least 4 members (excludes halogenated alkanes) is 3. The molecule has 0 aliphatic rings. The first-order chi connectivity index (χ1) is 14.0. The molecule has 5 heteroatoms. The van der Waals surface area contributed by atoms with Gasteiger partial charge in [0.2, 0.25) is 0 Å². The smallest absolute Gasteiger partial charge is 0.127 e. The van der Waals surface area contributed by atoms with E-state index in [0.29, 0.717) is 11.7 Å². The maximum Gasteiger partial charge on any atom is 0.127 e. The molecule has 156 valence electrons. The molecule has 1 unspecified atom stereocenters. The molecule has 0 saturated carbocycles. The van der Waals surface area contributed by atoms with Gasteiger partial charge in [-0.15, -0.1) is 0 Å². The lowest BCUT2D eigenvalue weighted by Crippen LogP contribution is -2.08. The number of pyridine rings is 1. The molecule has 3 aromatic rings. The Bertz CT molecular complexity index is 947. The van der Waals surface area contributed by atoms with Crippen LogP contribution in [0.2, 0.25) is 0 Å². The molecule has 0 aliphatic heterocycles. The van der Waals surface area contributed by atoms with E-state index in [1.54, 1.807) is 6.33 Å². The predicted octanol–water partition coefficient (Wildman–Crippen LogP) is 5.83. The van der Waals surface area contributed by atoms with E-state index >= 15 is 0 Å². The Labute approximate surface area is 174 Å². The summed E-state index contributed by atoms with van der Waals surface area (Å²) in [5.74, 6) is 1.95. The summed E-state index contributed by atoms with van der Waals surface area (Å²) in [7, 11) is 0. The van der Waals surface area contributed by atoms with Gasteiger partial charge in [0.25, 0.3) is 0 Å². The zero-order chi connectivity index (χ0) is 20.8. The van der Waals surface area contributed by atoms with Crippen molar-refractivity contribution in [1.29, 1.82) is 0 Å². The molecule has 3 heterocycles. The molecular weight excluding hydrogens is 360 g/mol. The number of anilines is 1. The largest absolute Gasteiger partial charge is 0.493 e. The Morgan fingerprint density at radius 3 is 2.69 bits per heavy atom. The third-order valence-electron chi connectivity index (χ3n) is 5.52. The van der Waals surface area contributed by atoms with Crippen molar-refractivity contribution in [3.63, 3.8) is 0 Å². The van der Waals surface area contributed by atoms with Gasteiger partial charge in [0, 0.05) is 35.2 Å². The minimum atomic E-state index is 0.515. The quantitative estimate of drug-likeness (QED) is 0.439. The van der Waals surface area contributed by atoms with Gasteiger partial charge < -0.3 is 14.9 Å². The number of hydrogen-bond acceptors (Lipinski definition) is 4. The number of aryl methyl sites for hydroxylation is 2. The third kappa shape index (κ3) is 5.28. The first-order valence-electron chi connectivity index (χ1n) is 10.9. The zero-order valence-electron chi connectivity index (χ0n) is 18.2. The minimum Gasteiger partial charge on any atom is -0.493 e. The van der Waals surface area contributed by atoms with Gasteiger partial charge >= 0.3 is 0 Å². The second-order valence-electron chi connectivity index (χ2n) is 8.08. The van der Waals surface area contributed by atoms with Crippen LogP contribution in [0, 0.1) is 12.8 Å². The lowest BCUT2D eigenvalue weighted by molar-refractivity contribution is 0.256.